The Balaban J connectivity index is 1.50. The summed E-state index contributed by atoms with van der Waals surface area (Å²) in [6, 6.07) is 23.7. The molecule has 0 saturated carbocycles. The maximum atomic E-state index is 11.3. The molecule has 0 saturated heterocycles. The summed E-state index contributed by atoms with van der Waals surface area (Å²) in [7, 11) is 4.09. The Morgan fingerprint density at radius 1 is 1.00 bits per heavy atom. The first kappa shape index (κ1) is 21.3. The normalized spacial score (nSPS) is 21.9. The van der Waals surface area contributed by atoms with Crippen LogP contribution in [-0.2, 0) is 11.8 Å². The number of likely N-dealkylation sites (N-methyl/N-ethyl adjacent to an activating group) is 1. The van der Waals surface area contributed by atoms with Crippen LogP contribution in [-0.4, -0.2) is 25.1 Å². The highest BCUT2D eigenvalue weighted by atomic mass is 16.6. The molecule has 2 aliphatic heterocycles. The lowest BCUT2D eigenvalue weighted by atomic mass is 9.73. The zero-order chi connectivity index (χ0) is 24.3. The Bertz CT molecular complexity index is 1510. The van der Waals surface area contributed by atoms with Gasteiger partial charge >= 0.3 is 5.88 Å². The SMILES string of the molecule is CN1/C(=C/C2N(C)c3ccc4ccccc4c3C2(C)Cc2ccc([N+](=O)[O-])o2)Oc2ccccc21. The average Bonchev–Trinajstić information content (AvgIpc) is 3.51. The van der Waals surface area contributed by atoms with Gasteiger partial charge in [0.15, 0.2) is 11.6 Å². The summed E-state index contributed by atoms with van der Waals surface area (Å²) < 4.78 is 11.9. The van der Waals surface area contributed by atoms with E-state index in [1.165, 1.54) is 17.0 Å². The van der Waals surface area contributed by atoms with Gasteiger partial charge in [-0.25, -0.2) is 0 Å². The summed E-state index contributed by atoms with van der Waals surface area (Å²) in [6.07, 6.45) is 2.66. The second kappa shape index (κ2) is 7.63. The monoisotopic (exact) mass is 467 g/mol. The molecular formula is C28H25N3O4. The first-order valence-corrected chi connectivity index (χ1v) is 11.6. The van der Waals surface area contributed by atoms with Crippen molar-refractivity contribution in [1.29, 1.82) is 0 Å². The number of ether oxygens (including phenoxy) is 1. The Labute approximate surface area is 203 Å². The van der Waals surface area contributed by atoms with Crippen molar-refractivity contribution in [2.24, 2.45) is 0 Å². The number of hydrogen-bond acceptors (Lipinski definition) is 6. The van der Waals surface area contributed by atoms with Crippen LogP contribution in [0.25, 0.3) is 10.8 Å². The lowest BCUT2D eigenvalue weighted by molar-refractivity contribution is -0.402. The van der Waals surface area contributed by atoms with Gasteiger partial charge in [0.25, 0.3) is 0 Å². The van der Waals surface area contributed by atoms with Gasteiger partial charge in [-0.15, -0.1) is 0 Å². The highest BCUT2D eigenvalue weighted by Gasteiger charge is 2.48. The highest BCUT2D eigenvalue weighted by Crippen LogP contribution is 2.51. The Hall–Kier alpha value is -4.26. The smallest absolute Gasteiger partial charge is 0.433 e. The maximum Gasteiger partial charge on any atom is 0.433 e. The van der Waals surface area contributed by atoms with E-state index in [0.717, 1.165) is 28.4 Å². The van der Waals surface area contributed by atoms with Gasteiger partial charge in [-0.1, -0.05) is 49.4 Å². The molecular weight excluding hydrogens is 442 g/mol. The van der Waals surface area contributed by atoms with Gasteiger partial charge in [0.05, 0.1) is 17.8 Å². The van der Waals surface area contributed by atoms with E-state index in [2.05, 4.69) is 60.2 Å². The third-order valence-electron chi connectivity index (χ3n) is 7.37. The third kappa shape index (κ3) is 3.19. The molecule has 0 radical (unpaired) electrons. The number of benzene rings is 3. The van der Waals surface area contributed by atoms with Crippen LogP contribution in [0.1, 0.15) is 18.2 Å². The van der Waals surface area contributed by atoms with Gasteiger partial charge in [0, 0.05) is 31.6 Å². The van der Waals surface area contributed by atoms with Crippen molar-refractivity contribution < 1.29 is 14.1 Å². The van der Waals surface area contributed by atoms with Crippen molar-refractivity contribution >= 4 is 28.0 Å². The molecule has 3 heterocycles. The van der Waals surface area contributed by atoms with E-state index in [0.29, 0.717) is 12.2 Å². The molecule has 7 heteroatoms. The number of nitrogens with zero attached hydrogens (tertiary/aromatic N) is 3. The first-order valence-electron chi connectivity index (χ1n) is 11.6. The van der Waals surface area contributed by atoms with Crippen molar-refractivity contribution in [1.82, 2.24) is 0 Å². The van der Waals surface area contributed by atoms with Crippen LogP contribution in [0.5, 0.6) is 5.75 Å². The molecule has 1 aromatic heterocycles. The zero-order valence-corrected chi connectivity index (χ0v) is 19.8. The number of rotatable bonds is 4. The maximum absolute atomic E-state index is 11.3. The summed E-state index contributed by atoms with van der Waals surface area (Å²) in [5, 5.41) is 13.6. The minimum Gasteiger partial charge on any atom is -0.439 e. The van der Waals surface area contributed by atoms with E-state index >= 15 is 0 Å². The molecule has 0 spiro atoms. The number of hydrogen-bond donors (Lipinski definition) is 0. The van der Waals surface area contributed by atoms with Crippen LogP contribution in [0.3, 0.4) is 0 Å². The number of anilines is 2. The molecule has 35 heavy (non-hydrogen) atoms. The molecule has 7 nitrogen and oxygen atoms in total. The standard InChI is InChI=1S/C28H25N3O4/c1-28(17-19-13-15-25(34-19)31(32)33)24(16-26-30(3)21-10-6-7-11-23(21)35-26)29(2)22-14-12-18-8-4-5-9-20(18)27(22)28/h4-16,24H,17H2,1-3H3/b26-16-. The van der Waals surface area contributed by atoms with Gasteiger partial charge in [0.1, 0.15) is 10.7 Å². The van der Waals surface area contributed by atoms with Crippen molar-refractivity contribution in [3.05, 3.63) is 106 Å². The summed E-state index contributed by atoms with van der Waals surface area (Å²) >= 11 is 0. The second-order valence-corrected chi connectivity index (χ2v) is 9.46. The van der Waals surface area contributed by atoms with Crippen LogP contribution >= 0.6 is 0 Å². The minimum absolute atomic E-state index is 0.0841. The second-order valence-electron chi connectivity index (χ2n) is 9.46. The Morgan fingerprint density at radius 3 is 2.54 bits per heavy atom. The average molecular weight is 468 g/mol. The molecule has 0 fully saturated rings. The van der Waals surface area contributed by atoms with E-state index in [1.807, 2.05) is 37.4 Å². The fraction of sp³-hybridized carbons (Fsp3) is 0.214. The van der Waals surface area contributed by atoms with Crippen LogP contribution in [0, 0.1) is 10.1 Å². The first-order chi connectivity index (χ1) is 16.9. The van der Waals surface area contributed by atoms with Crippen LogP contribution in [0.4, 0.5) is 17.3 Å². The van der Waals surface area contributed by atoms with E-state index in [-0.39, 0.29) is 11.9 Å². The molecule has 2 aliphatic rings. The lowest BCUT2D eigenvalue weighted by Gasteiger charge is -2.33. The number of nitro groups is 1. The molecule has 2 atom stereocenters. The summed E-state index contributed by atoms with van der Waals surface area (Å²) in [5.41, 5.74) is 2.91. The van der Waals surface area contributed by atoms with E-state index in [4.69, 9.17) is 9.15 Å². The molecule has 0 N–H and O–H groups in total. The molecule has 6 rings (SSSR count). The van der Waals surface area contributed by atoms with Gasteiger partial charge in [0.2, 0.25) is 0 Å². The van der Waals surface area contributed by atoms with Gasteiger partial charge < -0.3 is 19.0 Å². The predicted molar refractivity (Wildman–Crippen MR) is 136 cm³/mol. The lowest BCUT2D eigenvalue weighted by Crippen LogP contribution is -2.42. The van der Waals surface area contributed by atoms with Crippen molar-refractivity contribution in [3.8, 4) is 5.75 Å². The van der Waals surface area contributed by atoms with Crippen LogP contribution < -0.4 is 14.5 Å². The van der Waals surface area contributed by atoms with Crippen LogP contribution in [0.2, 0.25) is 0 Å². The number of fused-ring (bicyclic) bond motifs is 4. The summed E-state index contributed by atoms with van der Waals surface area (Å²) in [4.78, 5) is 15.1. The number of furan rings is 1. The van der Waals surface area contributed by atoms with E-state index < -0.39 is 10.3 Å². The highest BCUT2D eigenvalue weighted by molar-refractivity contribution is 5.93. The van der Waals surface area contributed by atoms with Crippen molar-refractivity contribution in [3.63, 3.8) is 0 Å². The van der Waals surface area contributed by atoms with E-state index in [1.54, 1.807) is 6.07 Å². The number of para-hydroxylation sites is 2. The van der Waals surface area contributed by atoms with Gasteiger partial charge in [-0.2, -0.15) is 0 Å². The molecule has 0 aliphatic carbocycles. The molecule has 0 amide bonds. The quantitative estimate of drug-likeness (QED) is 0.270. The summed E-state index contributed by atoms with van der Waals surface area (Å²) in [5.74, 6) is 1.93. The summed E-state index contributed by atoms with van der Waals surface area (Å²) in [6.45, 7) is 2.21. The van der Waals surface area contributed by atoms with Gasteiger partial charge in [-0.05, 0) is 46.7 Å². The molecule has 3 aromatic carbocycles. The zero-order valence-electron chi connectivity index (χ0n) is 19.8. The fourth-order valence-electron chi connectivity index (χ4n) is 5.69. The Morgan fingerprint density at radius 2 is 1.77 bits per heavy atom. The predicted octanol–water partition coefficient (Wildman–Crippen LogP) is 6.03. The van der Waals surface area contributed by atoms with Crippen molar-refractivity contribution in [2.45, 2.75) is 24.8 Å². The largest absolute Gasteiger partial charge is 0.439 e. The Kier molecular flexibility index (Phi) is 4.64. The molecule has 4 aromatic rings. The molecule has 0 bridgehead atoms. The topological polar surface area (TPSA) is 72.0 Å². The molecule has 2 unspecified atom stereocenters. The fourth-order valence-corrected chi connectivity index (χ4v) is 5.69. The minimum atomic E-state index is -0.492. The van der Waals surface area contributed by atoms with Crippen molar-refractivity contribution in [2.75, 3.05) is 23.9 Å². The van der Waals surface area contributed by atoms with E-state index in [9.17, 15) is 10.1 Å². The third-order valence-corrected chi connectivity index (χ3v) is 7.37. The van der Waals surface area contributed by atoms with Gasteiger partial charge in [-0.3, -0.25) is 10.1 Å². The molecule has 176 valence electrons. The van der Waals surface area contributed by atoms with Crippen LogP contribution in [0.15, 0.2) is 89.2 Å².